The fourth-order valence-electron chi connectivity index (χ4n) is 2.01. The molecule has 0 spiro atoms. The molecule has 2 unspecified atom stereocenters. The number of nitrogens with one attached hydrogen (secondary N) is 1. The van der Waals surface area contributed by atoms with E-state index in [-0.39, 0.29) is 12.1 Å². The first-order valence-electron chi connectivity index (χ1n) is 5.56. The van der Waals surface area contributed by atoms with Crippen molar-refractivity contribution in [3.63, 3.8) is 0 Å². The molecule has 3 nitrogen and oxygen atoms in total. The molecule has 2 heterocycles. The van der Waals surface area contributed by atoms with Gasteiger partial charge in [-0.3, -0.25) is 4.90 Å². The summed E-state index contributed by atoms with van der Waals surface area (Å²) >= 11 is 5.04. The van der Waals surface area contributed by atoms with Crippen LogP contribution in [0.2, 0.25) is 0 Å². The molecule has 90 valence electrons. The van der Waals surface area contributed by atoms with Crippen LogP contribution >= 0.6 is 27.3 Å². The molecule has 1 aromatic rings. The highest BCUT2D eigenvalue weighted by Gasteiger charge is 2.25. The van der Waals surface area contributed by atoms with Gasteiger partial charge in [-0.05, 0) is 35.0 Å². The van der Waals surface area contributed by atoms with Crippen LogP contribution in [0.1, 0.15) is 17.9 Å². The van der Waals surface area contributed by atoms with E-state index in [1.54, 1.807) is 11.3 Å². The van der Waals surface area contributed by atoms with Gasteiger partial charge in [-0.2, -0.15) is 0 Å². The third kappa shape index (κ3) is 2.84. The lowest BCUT2D eigenvalue weighted by atomic mass is 10.1. The number of hydrogen-bond acceptors (Lipinski definition) is 4. The first-order valence-corrected chi connectivity index (χ1v) is 7.17. The number of piperazine rings is 1. The number of aliphatic hydroxyl groups excluding tert-OH is 1. The molecule has 0 saturated carbocycles. The summed E-state index contributed by atoms with van der Waals surface area (Å²) < 4.78 is 1.08. The maximum Gasteiger partial charge on any atom is 0.103 e. The van der Waals surface area contributed by atoms with E-state index in [2.05, 4.69) is 33.1 Å². The van der Waals surface area contributed by atoms with Crippen molar-refractivity contribution < 1.29 is 5.11 Å². The van der Waals surface area contributed by atoms with Gasteiger partial charge in [0.2, 0.25) is 0 Å². The second kappa shape index (κ2) is 5.60. The molecule has 0 radical (unpaired) electrons. The highest BCUT2D eigenvalue weighted by atomic mass is 79.9. The average molecular weight is 305 g/mol. The van der Waals surface area contributed by atoms with E-state index in [1.807, 2.05) is 12.1 Å². The summed E-state index contributed by atoms with van der Waals surface area (Å²) in [6, 6.07) is 4.18. The zero-order valence-electron chi connectivity index (χ0n) is 9.32. The zero-order chi connectivity index (χ0) is 11.5. The maximum atomic E-state index is 10.3. The fraction of sp³-hybridized carbons (Fsp3) is 0.636. The van der Waals surface area contributed by atoms with Crippen LogP contribution in [0.25, 0.3) is 0 Å². The van der Waals surface area contributed by atoms with Crippen molar-refractivity contribution in [1.29, 1.82) is 0 Å². The molecule has 1 fully saturated rings. The van der Waals surface area contributed by atoms with E-state index in [0.717, 1.165) is 34.8 Å². The van der Waals surface area contributed by atoms with E-state index in [0.29, 0.717) is 0 Å². The SMILES string of the molecule is CC(C(O)c1ccc(Br)s1)N1CCNCC1. The normalized spacial score (nSPS) is 21.9. The summed E-state index contributed by atoms with van der Waals surface area (Å²) in [6.07, 6.45) is -0.380. The van der Waals surface area contributed by atoms with Gasteiger partial charge < -0.3 is 10.4 Å². The van der Waals surface area contributed by atoms with Crippen LogP contribution in [0.3, 0.4) is 0 Å². The standard InChI is InChI=1S/C11H17BrN2OS/c1-8(14-6-4-13-5-7-14)11(15)9-2-3-10(12)16-9/h2-3,8,11,13,15H,4-7H2,1H3. The van der Waals surface area contributed by atoms with Gasteiger partial charge in [0.25, 0.3) is 0 Å². The van der Waals surface area contributed by atoms with Crippen LogP contribution in [-0.4, -0.2) is 42.2 Å². The molecular weight excluding hydrogens is 288 g/mol. The highest BCUT2D eigenvalue weighted by molar-refractivity contribution is 9.11. The predicted molar refractivity (Wildman–Crippen MR) is 70.9 cm³/mol. The Hall–Kier alpha value is 0.0600. The molecule has 0 aliphatic carbocycles. The lowest BCUT2D eigenvalue weighted by Gasteiger charge is -2.35. The van der Waals surface area contributed by atoms with Gasteiger partial charge >= 0.3 is 0 Å². The maximum absolute atomic E-state index is 10.3. The smallest absolute Gasteiger partial charge is 0.103 e. The first-order chi connectivity index (χ1) is 7.68. The largest absolute Gasteiger partial charge is 0.386 e. The van der Waals surface area contributed by atoms with Crippen LogP contribution < -0.4 is 5.32 Å². The number of hydrogen-bond donors (Lipinski definition) is 2. The Bertz CT molecular complexity index is 338. The van der Waals surface area contributed by atoms with Crippen LogP contribution in [0.5, 0.6) is 0 Å². The van der Waals surface area contributed by atoms with Gasteiger partial charge in [0.1, 0.15) is 6.10 Å². The average Bonchev–Trinajstić information content (AvgIpc) is 2.75. The van der Waals surface area contributed by atoms with Gasteiger partial charge in [0.05, 0.1) is 3.79 Å². The highest BCUT2D eigenvalue weighted by Crippen LogP contribution is 2.30. The van der Waals surface area contributed by atoms with Crippen molar-refractivity contribution in [2.45, 2.75) is 19.1 Å². The Labute approximate surface area is 109 Å². The molecule has 2 rings (SSSR count). The van der Waals surface area contributed by atoms with Crippen LogP contribution in [-0.2, 0) is 0 Å². The molecule has 0 amide bonds. The summed E-state index contributed by atoms with van der Waals surface area (Å²) in [5.41, 5.74) is 0. The minimum Gasteiger partial charge on any atom is -0.386 e. The molecule has 2 N–H and O–H groups in total. The molecule has 2 atom stereocenters. The Kier molecular flexibility index (Phi) is 4.38. The molecule has 5 heteroatoms. The van der Waals surface area contributed by atoms with E-state index < -0.39 is 0 Å². The Morgan fingerprint density at radius 2 is 2.12 bits per heavy atom. The molecule has 0 aromatic carbocycles. The number of nitrogens with zero attached hydrogens (tertiary/aromatic N) is 1. The van der Waals surface area contributed by atoms with Crippen LogP contribution in [0.15, 0.2) is 15.9 Å². The van der Waals surface area contributed by atoms with Crippen molar-refractivity contribution in [1.82, 2.24) is 10.2 Å². The Morgan fingerprint density at radius 1 is 1.44 bits per heavy atom. The van der Waals surface area contributed by atoms with Crippen LogP contribution in [0, 0.1) is 0 Å². The Balaban J connectivity index is 2.00. The van der Waals surface area contributed by atoms with Gasteiger partial charge in [-0.1, -0.05) is 0 Å². The predicted octanol–water partition coefficient (Wildman–Crippen LogP) is 1.84. The number of rotatable bonds is 3. The number of halogens is 1. The second-order valence-electron chi connectivity index (χ2n) is 4.11. The van der Waals surface area contributed by atoms with E-state index in [1.165, 1.54) is 0 Å². The topological polar surface area (TPSA) is 35.5 Å². The van der Waals surface area contributed by atoms with Gasteiger partial charge in [-0.15, -0.1) is 11.3 Å². The molecule has 1 saturated heterocycles. The molecule has 0 bridgehead atoms. The lowest BCUT2D eigenvalue weighted by Crippen LogP contribution is -2.49. The molecule has 1 aliphatic rings. The molecule has 1 aliphatic heterocycles. The van der Waals surface area contributed by atoms with Crippen molar-refractivity contribution in [2.24, 2.45) is 0 Å². The summed E-state index contributed by atoms with van der Waals surface area (Å²) in [5.74, 6) is 0. The van der Waals surface area contributed by atoms with Gasteiger partial charge in [-0.25, -0.2) is 0 Å². The summed E-state index contributed by atoms with van der Waals surface area (Å²) in [4.78, 5) is 3.38. The fourth-order valence-corrected chi connectivity index (χ4v) is 3.52. The summed E-state index contributed by atoms with van der Waals surface area (Å²) in [7, 11) is 0. The molecule has 16 heavy (non-hydrogen) atoms. The second-order valence-corrected chi connectivity index (χ2v) is 6.61. The van der Waals surface area contributed by atoms with Crippen molar-refractivity contribution >= 4 is 27.3 Å². The third-order valence-corrected chi connectivity index (χ3v) is 4.76. The van der Waals surface area contributed by atoms with Crippen LogP contribution in [0.4, 0.5) is 0 Å². The van der Waals surface area contributed by atoms with Crippen molar-refractivity contribution in [2.75, 3.05) is 26.2 Å². The zero-order valence-corrected chi connectivity index (χ0v) is 11.7. The minimum atomic E-state index is -0.380. The molecular formula is C11H17BrN2OS. The third-order valence-electron chi connectivity index (χ3n) is 3.07. The number of thiophene rings is 1. The molecule has 1 aromatic heterocycles. The quantitative estimate of drug-likeness (QED) is 0.894. The minimum absolute atomic E-state index is 0.188. The monoisotopic (exact) mass is 304 g/mol. The Morgan fingerprint density at radius 3 is 2.69 bits per heavy atom. The lowest BCUT2D eigenvalue weighted by molar-refractivity contribution is 0.0532. The first kappa shape index (κ1) is 12.5. The van der Waals surface area contributed by atoms with Crippen molar-refractivity contribution in [3.8, 4) is 0 Å². The van der Waals surface area contributed by atoms with Gasteiger partial charge in [0, 0.05) is 37.1 Å². The van der Waals surface area contributed by atoms with Crippen molar-refractivity contribution in [3.05, 3.63) is 20.8 Å². The van der Waals surface area contributed by atoms with E-state index in [9.17, 15) is 5.11 Å². The van der Waals surface area contributed by atoms with E-state index in [4.69, 9.17) is 0 Å². The number of aliphatic hydroxyl groups is 1. The summed E-state index contributed by atoms with van der Waals surface area (Å²) in [5, 5.41) is 13.6. The van der Waals surface area contributed by atoms with Gasteiger partial charge in [0.15, 0.2) is 0 Å². The van der Waals surface area contributed by atoms with E-state index >= 15 is 0 Å². The summed E-state index contributed by atoms with van der Waals surface area (Å²) in [6.45, 7) is 6.18.